The first-order valence-electron chi connectivity index (χ1n) is 6.62. The average molecular weight is 286 g/mol. The fourth-order valence-electron chi connectivity index (χ4n) is 2.35. The smallest absolute Gasteiger partial charge is 0.352 e. The highest BCUT2D eigenvalue weighted by molar-refractivity contribution is 5.79. The second kappa shape index (κ2) is 6.26. The van der Waals surface area contributed by atoms with Crippen LogP contribution in [0, 0.1) is 5.92 Å². The summed E-state index contributed by atoms with van der Waals surface area (Å²) < 4.78 is 38.4. The van der Waals surface area contributed by atoms with E-state index in [0.29, 0.717) is 6.54 Å². The lowest BCUT2D eigenvalue weighted by atomic mass is 9.98. The first kappa shape index (κ1) is 14.8. The van der Waals surface area contributed by atoms with Crippen molar-refractivity contribution in [2.45, 2.75) is 25.6 Å². The molecule has 1 aliphatic heterocycles. The van der Waals surface area contributed by atoms with Crippen molar-refractivity contribution >= 4 is 5.91 Å². The number of amides is 1. The minimum Gasteiger partial charge on any atom is -0.352 e. The van der Waals surface area contributed by atoms with Gasteiger partial charge in [-0.05, 0) is 31.0 Å². The normalized spacial score (nSPS) is 19.6. The van der Waals surface area contributed by atoms with Crippen LogP contribution in [0.1, 0.15) is 24.0 Å². The molecule has 1 amide bonds. The van der Waals surface area contributed by atoms with Crippen molar-refractivity contribution in [2.24, 2.45) is 5.92 Å². The van der Waals surface area contributed by atoms with E-state index in [-0.39, 0.29) is 23.9 Å². The molecule has 3 nitrogen and oxygen atoms in total. The second-order valence-corrected chi connectivity index (χ2v) is 4.92. The molecule has 1 aliphatic rings. The van der Waals surface area contributed by atoms with Crippen molar-refractivity contribution in [3.63, 3.8) is 0 Å². The molecular formula is C14H17F3N2O. The zero-order valence-electron chi connectivity index (χ0n) is 11.0. The zero-order valence-corrected chi connectivity index (χ0v) is 11.0. The van der Waals surface area contributed by atoms with Gasteiger partial charge in [0.05, 0.1) is 11.5 Å². The molecule has 0 spiro atoms. The van der Waals surface area contributed by atoms with Crippen LogP contribution in [0.4, 0.5) is 13.2 Å². The topological polar surface area (TPSA) is 41.1 Å². The third-order valence-electron chi connectivity index (χ3n) is 3.44. The van der Waals surface area contributed by atoms with E-state index < -0.39 is 11.7 Å². The van der Waals surface area contributed by atoms with E-state index in [2.05, 4.69) is 10.6 Å². The minimum atomic E-state index is -4.40. The molecule has 0 radical (unpaired) electrons. The first-order valence-corrected chi connectivity index (χ1v) is 6.62. The van der Waals surface area contributed by atoms with Gasteiger partial charge < -0.3 is 10.6 Å². The van der Waals surface area contributed by atoms with Crippen LogP contribution in [-0.4, -0.2) is 19.0 Å². The Balaban J connectivity index is 1.98. The molecule has 0 saturated carbocycles. The maximum absolute atomic E-state index is 12.8. The number of carbonyl (C=O) groups is 1. The van der Waals surface area contributed by atoms with Crippen molar-refractivity contribution in [3.05, 3.63) is 35.4 Å². The molecule has 0 aliphatic carbocycles. The summed E-state index contributed by atoms with van der Waals surface area (Å²) in [6.07, 6.45) is -2.70. The van der Waals surface area contributed by atoms with Crippen molar-refractivity contribution in [2.75, 3.05) is 13.1 Å². The number of alkyl halides is 3. The molecular weight excluding hydrogens is 269 g/mol. The summed E-state index contributed by atoms with van der Waals surface area (Å²) in [7, 11) is 0. The highest BCUT2D eigenvalue weighted by Gasteiger charge is 2.33. The van der Waals surface area contributed by atoms with E-state index in [1.807, 2.05) is 0 Å². The molecule has 0 aromatic heterocycles. The molecule has 2 rings (SSSR count). The molecule has 2 N–H and O–H groups in total. The number of benzene rings is 1. The number of hydrogen-bond donors (Lipinski definition) is 2. The summed E-state index contributed by atoms with van der Waals surface area (Å²) in [6, 6.07) is 5.31. The van der Waals surface area contributed by atoms with E-state index in [1.54, 1.807) is 6.07 Å². The minimum absolute atomic E-state index is 0.0922. The molecule has 1 saturated heterocycles. The Kier molecular flexibility index (Phi) is 4.65. The summed E-state index contributed by atoms with van der Waals surface area (Å²) >= 11 is 0. The summed E-state index contributed by atoms with van der Waals surface area (Å²) in [5.74, 6) is -0.337. The second-order valence-electron chi connectivity index (χ2n) is 4.92. The lowest BCUT2D eigenvalue weighted by molar-refractivity contribution is -0.138. The first-order chi connectivity index (χ1) is 9.48. The van der Waals surface area contributed by atoms with Gasteiger partial charge in [-0.25, -0.2) is 0 Å². The maximum atomic E-state index is 12.8. The van der Waals surface area contributed by atoms with Crippen LogP contribution in [0.3, 0.4) is 0 Å². The Morgan fingerprint density at radius 2 is 2.10 bits per heavy atom. The van der Waals surface area contributed by atoms with Crippen LogP contribution in [0.5, 0.6) is 0 Å². The van der Waals surface area contributed by atoms with Crippen LogP contribution in [0.15, 0.2) is 24.3 Å². The maximum Gasteiger partial charge on any atom is 0.416 e. The van der Waals surface area contributed by atoms with Gasteiger partial charge in [0, 0.05) is 13.1 Å². The Labute approximate surface area is 115 Å². The van der Waals surface area contributed by atoms with Gasteiger partial charge in [0.15, 0.2) is 0 Å². The number of nitrogens with one attached hydrogen (secondary N) is 2. The molecule has 110 valence electrons. The average Bonchev–Trinajstić information content (AvgIpc) is 2.45. The van der Waals surface area contributed by atoms with Crippen LogP contribution in [0.25, 0.3) is 0 Å². The van der Waals surface area contributed by atoms with Crippen LogP contribution < -0.4 is 10.6 Å². The number of piperidine rings is 1. The Bertz CT molecular complexity index is 468. The van der Waals surface area contributed by atoms with Crippen molar-refractivity contribution in [3.8, 4) is 0 Å². The molecule has 6 heteroatoms. The van der Waals surface area contributed by atoms with E-state index in [1.165, 1.54) is 12.1 Å². The number of hydrogen-bond acceptors (Lipinski definition) is 2. The molecule has 1 aromatic carbocycles. The molecule has 0 bridgehead atoms. The van der Waals surface area contributed by atoms with Gasteiger partial charge in [-0.15, -0.1) is 0 Å². The van der Waals surface area contributed by atoms with Gasteiger partial charge in [0.2, 0.25) is 5.91 Å². The van der Waals surface area contributed by atoms with Gasteiger partial charge in [-0.1, -0.05) is 18.2 Å². The molecule has 1 heterocycles. The predicted octanol–water partition coefficient (Wildman–Crippen LogP) is 2.32. The summed E-state index contributed by atoms with van der Waals surface area (Å²) in [6.45, 7) is 1.39. The number of carbonyl (C=O) groups excluding carboxylic acids is 1. The third kappa shape index (κ3) is 3.72. The van der Waals surface area contributed by atoms with Gasteiger partial charge in [0.25, 0.3) is 0 Å². The zero-order chi connectivity index (χ0) is 14.6. The molecule has 20 heavy (non-hydrogen) atoms. The Morgan fingerprint density at radius 1 is 1.35 bits per heavy atom. The van der Waals surface area contributed by atoms with Crippen molar-refractivity contribution in [1.29, 1.82) is 0 Å². The van der Waals surface area contributed by atoms with Gasteiger partial charge in [-0.2, -0.15) is 13.2 Å². The summed E-state index contributed by atoms with van der Waals surface area (Å²) in [5.41, 5.74) is -0.598. The quantitative estimate of drug-likeness (QED) is 0.895. The molecule has 1 atom stereocenters. The number of rotatable bonds is 3. The van der Waals surface area contributed by atoms with E-state index >= 15 is 0 Å². The number of halogens is 3. The van der Waals surface area contributed by atoms with Crippen molar-refractivity contribution in [1.82, 2.24) is 10.6 Å². The standard InChI is InChI=1S/C14H17F3N2O/c15-14(16,17)12-6-2-1-4-10(12)9-19-13(20)11-5-3-7-18-8-11/h1-2,4,6,11,18H,3,5,7-9H2,(H,19,20)/t11-/m1/s1. The fraction of sp³-hybridized carbons (Fsp3) is 0.500. The van der Waals surface area contributed by atoms with E-state index in [0.717, 1.165) is 25.5 Å². The lowest BCUT2D eigenvalue weighted by Crippen LogP contribution is -2.40. The van der Waals surface area contributed by atoms with E-state index in [4.69, 9.17) is 0 Å². The fourth-order valence-corrected chi connectivity index (χ4v) is 2.35. The Hall–Kier alpha value is -1.56. The van der Waals surface area contributed by atoms with Crippen LogP contribution in [0.2, 0.25) is 0 Å². The largest absolute Gasteiger partial charge is 0.416 e. The van der Waals surface area contributed by atoms with Gasteiger partial charge in [0.1, 0.15) is 0 Å². The summed E-state index contributed by atoms with van der Waals surface area (Å²) in [5, 5.41) is 5.71. The lowest BCUT2D eigenvalue weighted by Gasteiger charge is -2.22. The molecule has 1 fully saturated rings. The third-order valence-corrected chi connectivity index (χ3v) is 3.44. The van der Waals surface area contributed by atoms with Crippen molar-refractivity contribution < 1.29 is 18.0 Å². The SMILES string of the molecule is O=C(NCc1ccccc1C(F)(F)F)[C@@H]1CCCNC1. The monoisotopic (exact) mass is 286 g/mol. The molecule has 1 aromatic rings. The van der Waals surface area contributed by atoms with Gasteiger partial charge in [-0.3, -0.25) is 4.79 Å². The van der Waals surface area contributed by atoms with Crippen LogP contribution in [-0.2, 0) is 17.5 Å². The predicted molar refractivity (Wildman–Crippen MR) is 68.9 cm³/mol. The highest BCUT2D eigenvalue weighted by Crippen LogP contribution is 2.31. The molecule has 0 unspecified atom stereocenters. The summed E-state index contributed by atoms with van der Waals surface area (Å²) in [4.78, 5) is 11.9. The Morgan fingerprint density at radius 3 is 2.75 bits per heavy atom. The van der Waals surface area contributed by atoms with Crippen LogP contribution >= 0.6 is 0 Å². The highest BCUT2D eigenvalue weighted by atomic mass is 19.4. The van der Waals surface area contributed by atoms with Gasteiger partial charge >= 0.3 is 6.18 Å². The van der Waals surface area contributed by atoms with E-state index in [9.17, 15) is 18.0 Å².